The van der Waals surface area contributed by atoms with E-state index in [1.165, 1.54) is 30.0 Å². The van der Waals surface area contributed by atoms with Crippen molar-refractivity contribution in [2.24, 2.45) is 0 Å². The molecule has 63 heavy (non-hydrogen) atoms. The number of nitrogens with zero attached hydrogens (tertiary/aromatic N) is 1. The van der Waals surface area contributed by atoms with Gasteiger partial charge in [-0.25, -0.2) is 4.79 Å². The van der Waals surface area contributed by atoms with Gasteiger partial charge in [-0.2, -0.15) is 0 Å². The van der Waals surface area contributed by atoms with Crippen LogP contribution >= 0.6 is 0 Å². The molecule has 0 heterocycles. The number of benzene rings is 7. The first-order valence-electron chi connectivity index (χ1n) is 21.5. The summed E-state index contributed by atoms with van der Waals surface area (Å²) in [6.07, 6.45) is 6.77. The van der Waals surface area contributed by atoms with E-state index in [4.69, 9.17) is 18.9 Å². The molecule has 1 aliphatic rings. The summed E-state index contributed by atoms with van der Waals surface area (Å²) < 4.78 is 22.1. The summed E-state index contributed by atoms with van der Waals surface area (Å²) in [6, 6.07) is 56.7. The molecule has 7 aromatic carbocycles. The fourth-order valence-electron chi connectivity index (χ4n) is 8.49. The van der Waals surface area contributed by atoms with Gasteiger partial charge in [0.25, 0.3) is 0 Å². The molecule has 0 aliphatic heterocycles. The second-order valence-electron chi connectivity index (χ2n) is 16.1. The Morgan fingerprint density at radius 1 is 0.492 bits per heavy atom. The van der Waals surface area contributed by atoms with Crippen LogP contribution in [0.3, 0.4) is 0 Å². The molecule has 1 saturated carbocycles. The third kappa shape index (κ3) is 10.1. The summed E-state index contributed by atoms with van der Waals surface area (Å²) in [4.78, 5) is 26.8. The molecule has 0 amide bonds. The van der Waals surface area contributed by atoms with Crippen LogP contribution in [0.2, 0.25) is 0 Å². The van der Waals surface area contributed by atoms with E-state index >= 15 is 0 Å². The monoisotopic (exact) mass is 833 g/mol. The Hall–Kier alpha value is -7.38. The van der Waals surface area contributed by atoms with E-state index < -0.39 is 6.16 Å². The van der Waals surface area contributed by atoms with Gasteiger partial charge in [0.1, 0.15) is 23.0 Å². The van der Waals surface area contributed by atoms with Gasteiger partial charge in [-0.3, -0.25) is 4.79 Å². The molecule has 7 nitrogen and oxygen atoms in total. The fourth-order valence-corrected chi connectivity index (χ4v) is 8.49. The van der Waals surface area contributed by atoms with Crippen molar-refractivity contribution in [2.45, 2.75) is 58.3 Å². The highest BCUT2D eigenvalue weighted by atomic mass is 16.7. The van der Waals surface area contributed by atoms with Gasteiger partial charge in [0.05, 0.1) is 7.11 Å². The van der Waals surface area contributed by atoms with Crippen LogP contribution < -0.4 is 23.8 Å². The van der Waals surface area contributed by atoms with Crippen molar-refractivity contribution in [1.29, 1.82) is 0 Å². The number of rotatable bonds is 12. The molecule has 0 atom stereocenters. The van der Waals surface area contributed by atoms with Gasteiger partial charge < -0.3 is 23.8 Å². The van der Waals surface area contributed by atoms with Gasteiger partial charge in [0, 0.05) is 29.4 Å². The molecule has 0 radical (unpaired) electrons. The summed E-state index contributed by atoms with van der Waals surface area (Å²) in [5.74, 6) is 1.72. The molecule has 316 valence electrons. The van der Waals surface area contributed by atoms with E-state index in [0.717, 1.165) is 76.3 Å². The van der Waals surface area contributed by atoms with Crippen LogP contribution in [0, 0.1) is 13.8 Å². The number of aryl methyl sites for hydroxylation is 2. The maximum absolute atomic E-state index is 13.1. The summed E-state index contributed by atoms with van der Waals surface area (Å²) in [5, 5.41) is 0. The Morgan fingerprint density at radius 3 is 1.32 bits per heavy atom. The third-order valence-electron chi connectivity index (χ3n) is 11.8. The number of anilines is 3. The van der Waals surface area contributed by atoms with Crippen molar-refractivity contribution >= 4 is 40.8 Å². The second kappa shape index (κ2) is 19.1. The van der Waals surface area contributed by atoms with Crippen LogP contribution in [0.15, 0.2) is 170 Å². The first kappa shape index (κ1) is 42.3. The topological polar surface area (TPSA) is 74.3 Å². The lowest BCUT2D eigenvalue weighted by Crippen LogP contribution is -2.30. The number of ether oxygens (including phenoxy) is 4. The van der Waals surface area contributed by atoms with Gasteiger partial charge in [0.2, 0.25) is 0 Å². The predicted octanol–water partition coefficient (Wildman–Crippen LogP) is 14.1. The normalized spacial score (nSPS) is 13.4. The molecule has 7 heteroatoms. The van der Waals surface area contributed by atoms with Gasteiger partial charge >= 0.3 is 12.1 Å². The Morgan fingerprint density at radius 2 is 0.889 bits per heavy atom. The highest BCUT2D eigenvalue weighted by Gasteiger charge is 2.36. The Labute approximate surface area is 370 Å². The predicted molar refractivity (Wildman–Crippen MR) is 252 cm³/mol. The minimum absolute atomic E-state index is 0.180. The summed E-state index contributed by atoms with van der Waals surface area (Å²) in [6.45, 7) is 5.60. The number of hydrogen-bond donors (Lipinski definition) is 0. The molecule has 1 fully saturated rings. The molecule has 0 unspecified atom stereocenters. The third-order valence-corrected chi connectivity index (χ3v) is 11.8. The Kier molecular flexibility index (Phi) is 12.8. The average Bonchev–Trinajstić information content (AvgIpc) is 3.31. The maximum atomic E-state index is 13.1. The van der Waals surface area contributed by atoms with E-state index in [2.05, 4.69) is 110 Å². The summed E-state index contributed by atoms with van der Waals surface area (Å²) >= 11 is 0. The number of methoxy groups -OCH3 is 1. The van der Waals surface area contributed by atoms with E-state index in [9.17, 15) is 9.59 Å². The first-order valence-corrected chi connectivity index (χ1v) is 21.5. The zero-order valence-corrected chi connectivity index (χ0v) is 36.2. The van der Waals surface area contributed by atoms with Gasteiger partial charge in [-0.1, -0.05) is 115 Å². The van der Waals surface area contributed by atoms with Crippen LogP contribution in [0.4, 0.5) is 21.9 Å². The van der Waals surface area contributed by atoms with Crippen molar-refractivity contribution in [2.75, 3.05) is 12.0 Å². The number of hydrogen-bond acceptors (Lipinski definition) is 7. The van der Waals surface area contributed by atoms with Crippen molar-refractivity contribution < 1.29 is 28.5 Å². The molecule has 0 saturated heterocycles. The van der Waals surface area contributed by atoms with E-state index in [1.54, 1.807) is 19.2 Å². The average molecular weight is 834 g/mol. The van der Waals surface area contributed by atoms with Crippen LogP contribution in [0.1, 0.15) is 78.0 Å². The maximum Gasteiger partial charge on any atom is 0.519 e. The SMILES string of the molecule is COc1ccc(/C(=C/c2ccc(N(c3ccc(C)cc3)c3ccc(C)cc3)cc2)c2ccc(OC(=O)Oc3ccc(C4(c5ccc(OC(C)=O)cc5)CCCCC4)cc3)cc2)cc1. The zero-order valence-electron chi connectivity index (χ0n) is 36.2. The van der Waals surface area contributed by atoms with Crippen LogP contribution in [0.25, 0.3) is 11.6 Å². The lowest BCUT2D eigenvalue weighted by molar-refractivity contribution is -0.131. The van der Waals surface area contributed by atoms with Crippen LogP contribution in [-0.2, 0) is 10.2 Å². The Bertz CT molecular complexity index is 2620. The molecular weight excluding hydrogens is 783 g/mol. The second-order valence-corrected chi connectivity index (χ2v) is 16.1. The smallest absolute Gasteiger partial charge is 0.497 e. The van der Waals surface area contributed by atoms with E-state index in [0.29, 0.717) is 17.2 Å². The van der Waals surface area contributed by atoms with Gasteiger partial charge in [0.15, 0.2) is 0 Å². The molecule has 0 N–H and O–H groups in total. The Balaban J connectivity index is 0.992. The standard InChI is InChI=1S/C56H51NO6/c1-39-8-22-47(23-9-39)57(48-24-10-40(2)11-25-48)49-26-12-42(13-27-49)38-54(43-14-28-50(60-4)29-15-43)44-16-30-52(31-17-44)62-55(59)63-53-34-20-46(21-35-53)56(36-6-5-7-37-56)45-18-32-51(33-19-45)61-41(3)58/h8-35,38H,5-7,36-37H2,1-4H3/b54-38-. The summed E-state index contributed by atoms with van der Waals surface area (Å²) in [7, 11) is 1.66. The number of esters is 1. The largest absolute Gasteiger partial charge is 0.519 e. The molecule has 7 aromatic rings. The molecular formula is C56H51NO6. The molecule has 8 rings (SSSR count). The highest BCUT2D eigenvalue weighted by Crippen LogP contribution is 2.46. The fraction of sp³-hybridized carbons (Fsp3) is 0.179. The first-order chi connectivity index (χ1) is 30.7. The minimum Gasteiger partial charge on any atom is -0.497 e. The van der Waals surface area contributed by atoms with Gasteiger partial charge in [-0.05, 0) is 151 Å². The van der Waals surface area contributed by atoms with Crippen molar-refractivity contribution in [3.63, 3.8) is 0 Å². The quantitative estimate of drug-likeness (QED) is 0.0525. The lowest BCUT2D eigenvalue weighted by atomic mass is 9.65. The van der Waals surface area contributed by atoms with Crippen LogP contribution in [-0.4, -0.2) is 19.2 Å². The van der Waals surface area contributed by atoms with E-state index in [1.807, 2.05) is 72.8 Å². The van der Waals surface area contributed by atoms with Crippen molar-refractivity contribution in [3.8, 4) is 23.0 Å². The number of carbonyl (C=O) groups is 2. The molecule has 0 spiro atoms. The van der Waals surface area contributed by atoms with Crippen LogP contribution in [0.5, 0.6) is 23.0 Å². The lowest BCUT2D eigenvalue weighted by Gasteiger charge is -2.38. The summed E-state index contributed by atoms with van der Waals surface area (Å²) in [5.41, 5.74) is 11.8. The van der Waals surface area contributed by atoms with Crippen molar-refractivity contribution in [3.05, 3.63) is 209 Å². The zero-order chi connectivity index (χ0) is 43.8. The highest BCUT2D eigenvalue weighted by molar-refractivity contribution is 5.92. The number of carbonyl (C=O) groups excluding carboxylic acids is 2. The molecule has 0 bridgehead atoms. The van der Waals surface area contributed by atoms with E-state index in [-0.39, 0.29) is 11.4 Å². The van der Waals surface area contributed by atoms with Gasteiger partial charge in [-0.15, -0.1) is 0 Å². The van der Waals surface area contributed by atoms with Crippen molar-refractivity contribution in [1.82, 2.24) is 0 Å². The minimum atomic E-state index is -0.819. The molecule has 0 aromatic heterocycles. The molecule has 1 aliphatic carbocycles.